The highest BCUT2D eigenvalue weighted by Crippen LogP contribution is 2.43. The largest absolute Gasteiger partial charge is 0.394 e. The number of anilines is 1. The first-order chi connectivity index (χ1) is 16.4. The van der Waals surface area contributed by atoms with E-state index in [4.69, 9.17) is 0 Å². The van der Waals surface area contributed by atoms with Crippen LogP contribution in [0.4, 0.5) is 14.6 Å². The summed E-state index contributed by atoms with van der Waals surface area (Å²) in [6, 6.07) is 2.66. The molecule has 34 heavy (non-hydrogen) atoms. The number of nitrogens with zero attached hydrogens (tertiary/aromatic N) is 5. The lowest BCUT2D eigenvalue weighted by atomic mass is 10.1. The van der Waals surface area contributed by atoms with Crippen LogP contribution in [0.3, 0.4) is 0 Å². The third kappa shape index (κ3) is 4.98. The van der Waals surface area contributed by atoms with Crippen molar-refractivity contribution in [3.05, 3.63) is 35.4 Å². The van der Waals surface area contributed by atoms with Crippen LogP contribution in [0.2, 0.25) is 0 Å². The quantitative estimate of drug-likeness (QED) is 0.194. The smallest absolute Gasteiger partial charge is 0.191 e. The molecule has 0 amide bonds. The minimum absolute atomic E-state index is 0.0337. The second kappa shape index (κ2) is 10.4. The van der Waals surface area contributed by atoms with Gasteiger partial charge in [0.2, 0.25) is 0 Å². The number of benzene rings is 1. The SMILES string of the molecule is CCCSc1nc(NC2CC2c2ccc(F)c(F)c2)c2nnn(C(CO)C(O)C(O)CO)c2n1. The third-order valence-electron chi connectivity index (χ3n) is 5.70. The molecule has 1 fully saturated rings. The summed E-state index contributed by atoms with van der Waals surface area (Å²) < 4.78 is 28.1. The number of rotatable bonds is 11. The number of aliphatic hydroxyl groups is 4. The second-order valence-electron chi connectivity index (χ2n) is 8.17. The number of thioether (sulfide) groups is 1. The Balaban J connectivity index is 1.65. The summed E-state index contributed by atoms with van der Waals surface area (Å²) in [6.45, 7) is 0.736. The van der Waals surface area contributed by atoms with E-state index in [-0.39, 0.29) is 17.6 Å². The maximum Gasteiger partial charge on any atom is 0.191 e. The van der Waals surface area contributed by atoms with Crippen LogP contribution >= 0.6 is 11.8 Å². The van der Waals surface area contributed by atoms with Crippen molar-refractivity contribution < 1.29 is 29.2 Å². The minimum atomic E-state index is -1.51. The molecule has 0 saturated heterocycles. The molecule has 0 spiro atoms. The van der Waals surface area contributed by atoms with Crippen molar-refractivity contribution in [2.45, 2.75) is 55.1 Å². The summed E-state index contributed by atoms with van der Waals surface area (Å²) in [7, 11) is 0. The maximum absolute atomic E-state index is 13.6. The highest BCUT2D eigenvalue weighted by atomic mass is 32.2. The normalized spacial score (nSPS) is 20.3. The maximum atomic E-state index is 13.6. The van der Waals surface area contributed by atoms with Crippen molar-refractivity contribution in [2.75, 3.05) is 24.3 Å². The van der Waals surface area contributed by atoms with Crippen molar-refractivity contribution in [3.63, 3.8) is 0 Å². The fourth-order valence-electron chi connectivity index (χ4n) is 3.73. The Hall–Kier alpha value is -2.45. The monoisotopic (exact) mass is 496 g/mol. The molecule has 0 bridgehead atoms. The minimum Gasteiger partial charge on any atom is -0.394 e. The molecule has 0 aliphatic heterocycles. The average molecular weight is 497 g/mol. The lowest BCUT2D eigenvalue weighted by molar-refractivity contribution is -0.0519. The van der Waals surface area contributed by atoms with E-state index < -0.39 is 43.1 Å². The number of hydrogen-bond acceptors (Lipinski definition) is 10. The molecule has 184 valence electrons. The van der Waals surface area contributed by atoms with Crippen molar-refractivity contribution in [1.29, 1.82) is 0 Å². The Morgan fingerprint density at radius 2 is 1.97 bits per heavy atom. The average Bonchev–Trinajstić information content (AvgIpc) is 3.48. The van der Waals surface area contributed by atoms with Gasteiger partial charge in [-0.1, -0.05) is 30.0 Å². The number of nitrogens with one attached hydrogen (secondary N) is 1. The van der Waals surface area contributed by atoms with Gasteiger partial charge in [-0.15, -0.1) is 5.10 Å². The van der Waals surface area contributed by atoms with Crippen LogP contribution in [-0.4, -0.2) is 82.6 Å². The van der Waals surface area contributed by atoms with E-state index in [2.05, 4.69) is 25.6 Å². The first kappa shape index (κ1) is 24.7. The Bertz CT molecular complexity index is 1150. The molecule has 5 N–H and O–H groups in total. The molecular formula is C21H26F2N6O4S. The lowest BCUT2D eigenvalue weighted by Gasteiger charge is -2.24. The molecule has 5 unspecified atom stereocenters. The van der Waals surface area contributed by atoms with Gasteiger partial charge in [-0.25, -0.2) is 23.4 Å². The Kier molecular flexibility index (Phi) is 7.57. The molecule has 3 aromatic rings. The van der Waals surface area contributed by atoms with Crippen LogP contribution in [0.15, 0.2) is 23.4 Å². The second-order valence-corrected chi connectivity index (χ2v) is 9.23. The van der Waals surface area contributed by atoms with Gasteiger partial charge in [0.25, 0.3) is 0 Å². The van der Waals surface area contributed by atoms with Gasteiger partial charge < -0.3 is 25.7 Å². The molecule has 1 aliphatic carbocycles. The predicted octanol–water partition coefficient (Wildman–Crippen LogP) is 1.22. The molecule has 5 atom stereocenters. The fourth-order valence-corrected chi connectivity index (χ4v) is 4.42. The predicted molar refractivity (Wildman–Crippen MR) is 120 cm³/mol. The molecule has 1 aliphatic rings. The summed E-state index contributed by atoms with van der Waals surface area (Å²) in [4.78, 5) is 9.04. The van der Waals surface area contributed by atoms with Crippen LogP contribution in [0, 0.1) is 11.6 Å². The van der Waals surface area contributed by atoms with E-state index in [0.717, 1.165) is 18.2 Å². The summed E-state index contributed by atoms with van der Waals surface area (Å²) in [5.41, 5.74) is 1.21. The molecule has 10 nitrogen and oxygen atoms in total. The molecule has 2 aromatic heterocycles. The molecule has 1 saturated carbocycles. The van der Waals surface area contributed by atoms with E-state index in [1.54, 1.807) is 6.07 Å². The number of fused-ring (bicyclic) bond motifs is 1. The highest BCUT2D eigenvalue weighted by molar-refractivity contribution is 7.99. The van der Waals surface area contributed by atoms with Crippen molar-refractivity contribution in [2.24, 2.45) is 0 Å². The fraction of sp³-hybridized carbons (Fsp3) is 0.524. The number of aromatic nitrogens is 5. The molecule has 4 rings (SSSR count). The van der Waals surface area contributed by atoms with Gasteiger partial charge in [0.15, 0.2) is 33.8 Å². The van der Waals surface area contributed by atoms with Gasteiger partial charge in [-0.2, -0.15) is 0 Å². The zero-order valence-corrected chi connectivity index (χ0v) is 19.2. The van der Waals surface area contributed by atoms with Crippen LogP contribution in [0.5, 0.6) is 0 Å². The Morgan fingerprint density at radius 3 is 2.65 bits per heavy atom. The van der Waals surface area contributed by atoms with Crippen LogP contribution in [0.1, 0.15) is 37.3 Å². The Labute approximate surface area is 198 Å². The van der Waals surface area contributed by atoms with Gasteiger partial charge in [-0.3, -0.25) is 0 Å². The summed E-state index contributed by atoms with van der Waals surface area (Å²) in [5.74, 6) is -0.685. The van der Waals surface area contributed by atoms with Gasteiger partial charge >= 0.3 is 0 Å². The zero-order chi connectivity index (χ0) is 24.4. The van der Waals surface area contributed by atoms with E-state index in [1.165, 1.54) is 22.5 Å². The molecule has 13 heteroatoms. The molecule has 1 aromatic carbocycles. The van der Waals surface area contributed by atoms with E-state index in [9.17, 15) is 29.2 Å². The van der Waals surface area contributed by atoms with E-state index in [1.807, 2.05) is 6.92 Å². The van der Waals surface area contributed by atoms with E-state index in [0.29, 0.717) is 28.5 Å². The van der Waals surface area contributed by atoms with Crippen molar-refractivity contribution >= 4 is 28.7 Å². The molecular weight excluding hydrogens is 470 g/mol. The van der Waals surface area contributed by atoms with Gasteiger partial charge in [-0.05, 0) is 30.5 Å². The summed E-state index contributed by atoms with van der Waals surface area (Å²) in [6.07, 6.45) is -1.44. The van der Waals surface area contributed by atoms with E-state index >= 15 is 0 Å². The van der Waals surface area contributed by atoms with Crippen molar-refractivity contribution in [3.8, 4) is 0 Å². The van der Waals surface area contributed by atoms with Gasteiger partial charge in [0.05, 0.1) is 13.2 Å². The van der Waals surface area contributed by atoms with Crippen LogP contribution in [-0.2, 0) is 0 Å². The lowest BCUT2D eigenvalue weighted by Crippen LogP contribution is -2.39. The van der Waals surface area contributed by atoms with Crippen molar-refractivity contribution in [1.82, 2.24) is 25.0 Å². The summed E-state index contributed by atoms with van der Waals surface area (Å²) >= 11 is 1.41. The summed E-state index contributed by atoms with van der Waals surface area (Å²) in [5, 5.41) is 51.1. The third-order valence-corrected chi connectivity index (χ3v) is 6.75. The number of halogens is 2. The number of aliphatic hydroxyl groups excluding tert-OH is 4. The van der Waals surface area contributed by atoms with Crippen LogP contribution < -0.4 is 5.32 Å². The van der Waals surface area contributed by atoms with Crippen LogP contribution in [0.25, 0.3) is 11.2 Å². The standard InChI is InChI=1S/C21H26F2N6O4S/c1-2-5-34-21-25-19(24-14-7-11(14)10-3-4-12(22)13(23)6-10)17-20(26-21)29(28-27-17)15(8-30)18(33)16(32)9-31/h3-4,6,11,14-16,18,30-33H,2,5,7-9H2,1H3,(H,24,25,26). The number of hydrogen-bond donors (Lipinski definition) is 5. The topological polar surface area (TPSA) is 149 Å². The zero-order valence-electron chi connectivity index (χ0n) is 18.3. The van der Waals surface area contributed by atoms with Gasteiger partial charge in [0.1, 0.15) is 18.2 Å². The first-order valence-corrected chi connectivity index (χ1v) is 11.9. The van der Waals surface area contributed by atoms with Gasteiger partial charge in [0, 0.05) is 17.7 Å². The molecule has 2 heterocycles. The Morgan fingerprint density at radius 1 is 1.18 bits per heavy atom. The molecule has 0 radical (unpaired) electrons. The highest BCUT2D eigenvalue weighted by Gasteiger charge is 2.40. The first-order valence-electron chi connectivity index (χ1n) is 10.9.